The first-order valence-corrected chi connectivity index (χ1v) is 5.38. The van der Waals surface area contributed by atoms with Crippen LogP contribution in [0.3, 0.4) is 0 Å². The second-order valence-corrected chi connectivity index (χ2v) is 4.71. The summed E-state index contributed by atoms with van der Waals surface area (Å²) in [6, 6.07) is 1.99. The van der Waals surface area contributed by atoms with E-state index >= 15 is 0 Å². The molecule has 1 aliphatic rings. The molecule has 1 rings (SSSR count). The average molecular weight is 223 g/mol. The first-order valence-electron chi connectivity index (χ1n) is 5.38. The van der Waals surface area contributed by atoms with Crippen molar-refractivity contribution in [1.29, 1.82) is 5.26 Å². The van der Waals surface area contributed by atoms with Gasteiger partial charge in [0.1, 0.15) is 5.41 Å². The summed E-state index contributed by atoms with van der Waals surface area (Å²) >= 11 is 0. The summed E-state index contributed by atoms with van der Waals surface area (Å²) in [6.07, 6.45) is 1.20. The van der Waals surface area contributed by atoms with Crippen molar-refractivity contribution in [1.82, 2.24) is 4.90 Å². The Morgan fingerprint density at radius 2 is 1.88 bits per heavy atom. The van der Waals surface area contributed by atoms with Crippen molar-refractivity contribution in [2.45, 2.75) is 26.7 Å². The Labute approximate surface area is 95.2 Å². The lowest BCUT2D eigenvalue weighted by molar-refractivity contribution is -0.140. The molecule has 0 radical (unpaired) electrons. The molecule has 0 unspecified atom stereocenters. The van der Waals surface area contributed by atoms with Crippen LogP contribution in [0.5, 0.6) is 0 Å². The zero-order chi connectivity index (χ0) is 12.3. The van der Waals surface area contributed by atoms with Gasteiger partial charge in [-0.25, -0.2) is 0 Å². The molecule has 16 heavy (non-hydrogen) atoms. The van der Waals surface area contributed by atoms with Crippen molar-refractivity contribution in [3.63, 3.8) is 0 Å². The fourth-order valence-electron chi connectivity index (χ4n) is 1.81. The first-order chi connectivity index (χ1) is 7.38. The van der Waals surface area contributed by atoms with Gasteiger partial charge in [0.25, 0.3) is 0 Å². The van der Waals surface area contributed by atoms with E-state index in [4.69, 9.17) is 11.0 Å². The number of carbonyl (C=O) groups is 2. The van der Waals surface area contributed by atoms with Gasteiger partial charge in [-0.3, -0.25) is 9.59 Å². The number of nitrogens with zero attached hydrogens (tertiary/aromatic N) is 2. The molecule has 1 heterocycles. The van der Waals surface area contributed by atoms with E-state index in [1.165, 1.54) is 0 Å². The number of likely N-dealkylation sites (tertiary alicyclic amines) is 1. The number of amides is 2. The Hall–Kier alpha value is -1.57. The maximum atomic E-state index is 11.9. The molecule has 0 spiro atoms. The number of piperidine rings is 1. The third-order valence-electron chi connectivity index (χ3n) is 3.00. The van der Waals surface area contributed by atoms with Gasteiger partial charge in [-0.15, -0.1) is 0 Å². The van der Waals surface area contributed by atoms with Gasteiger partial charge in [0.15, 0.2) is 0 Å². The highest BCUT2D eigenvalue weighted by Crippen LogP contribution is 2.23. The maximum Gasteiger partial charge on any atom is 0.242 e. The van der Waals surface area contributed by atoms with Gasteiger partial charge < -0.3 is 10.6 Å². The fraction of sp³-hybridized carbons (Fsp3) is 0.727. The number of nitriles is 1. The van der Waals surface area contributed by atoms with Crippen LogP contribution in [0.4, 0.5) is 0 Å². The molecule has 0 aromatic heterocycles. The lowest BCUT2D eigenvalue weighted by Crippen LogP contribution is -2.46. The molecule has 0 saturated carbocycles. The van der Waals surface area contributed by atoms with Crippen LogP contribution in [0.15, 0.2) is 0 Å². The average Bonchev–Trinajstić information content (AvgIpc) is 2.28. The zero-order valence-electron chi connectivity index (χ0n) is 9.69. The smallest absolute Gasteiger partial charge is 0.242 e. The van der Waals surface area contributed by atoms with E-state index in [1.807, 2.05) is 6.07 Å². The Morgan fingerprint density at radius 3 is 2.25 bits per heavy atom. The predicted octanol–water partition coefficient (Wildman–Crippen LogP) is 0.260. The van der Waals surface area contributed by atoms with Crippen molar-refractivity contribution in [2.24, 2.45) is 17.1 Å². The summed E-state index contributed by atoms with van der Waals surface area (Å²) in [5.41, 5.74) is 4.22. The highest BCUT2D eigenvalue weighted by atomic mass is 16.2. The zero-order valence-corrected chi connectivity index (χ0v) is 9.69. The van der Waals surface area contributed by atoms with E-state index in [1.54, 1.807) is 18.7 Å². The second kappa shape index (κ2) is 4.52. The molecule has 1 saturated heterocycles. The highest BCUT2D eigenvalue weighted by molar-refractivity contribution is 5.85. The highest BCUT2D eigenvalue weighted by Gasteiger charge is 2.34. The van der Waals surface area contributed by atoms with Gasteiger partial charge in [-0.1, -0.05) is 0 Å². The first kappa shape index (κ1) is 12.5. The van der Waals surface area contributed by atoms with Crippen LogP contribution in [0, 0.1) is 22.7 Å². The SMILES string of the molecule is CC(C)(C#N)C(=O)N1CCC(C(N)=O)CC1. The van der Waals surface area contributed by atoms with E-state index in [0.29, 0.717) is 25.9 Å². The van der Waals surface area contributed by atoms with Gasteiger partial charge in [0.05, 0.1) is 6.07 Å². The number of hydrogen-bond donors (Lipinski definition) is 1. The van der Waals surface area contributed by atoms with Crippen molar-refractivity contribution in [3.8, 4) is 6.07 Å². The van der Waals surface area contributed by atoms with Gasteiger partial charge in [0, 0.05) is 19.0 Å². The van der Waals surface area contributed by atoms with Crippen molar-refractivity contribution in [2.75, 3.05) is 13.1 Å². The molecule has 88 valence electrons. The van der Waals surface area contributed by atoms with Crippen LogP contribution >= 0.6 is 0 Å². The Kier molecular flexibility index (Phi) is 3.53. The minimum absolute atomic E-state index is 0.130. The van der Waals surface area contributed by atoms with E-state index in [9.17, 15) is 9.59 Å². The quantitative estimate of drug-likeness (QED) is 0.728. The molecule has 0 aromatic rings. The number of primary amides is 1. The van der Waals surface area contributed by atoms with Gasteiger partial charge >= 0.3 is 0 Å². The summed E-state index contributed by atoms with van der Waals surface area (Å²) < 4.78 is 0. The second-order valence-electron chi connectivity index (χ2n) is 4.71. The third kappa shape index (κ3) is 2.51. The lowest BCUT2D eigenvalue weighted by Gasteiger charge is -2.33. The largest absolute Gasteiger partial charge is 0.369 e. The molecule has 0 bridgehead atoms. The number of nitrogens with two attached hydrogens (primary N) is 1. The number of rotatable bonds is 2. The molecule has 0 atom stereocenters. The van der Waals surface area contributed by atoms with Crippen LogP contribution in [-0.2, 0) is 9.59 Å². The molecule has 5 nitrogen and oxygen atoms in total. The molecule has 2 N–H and O–H groups in total. The van der Waals surface area contributed by atoms with Crippen molar-refractivity contribution < 1.29 is 9.59 Å². The number of carbonyl (C=O) groups excluding carboxylic acids is 2. The summed E-state index contributed by atoms with van der Waals surface area (Å²) in [6.45, 7) is 4.24. The van der Waals surface area contributed by atoms with E-state index in [0.717, 1.165) is 0 Å². The minimum atomic E-state index is -0.987. The normalized spacial score (nSPS) is 17.9. The Morgan fingerprint density at radius 1 is 1.38 bits per heavy atom. The molecule has 1 aliphatic heterocycles. The van der Waals surface area contributed by atoms with Gasteiger partial charge in [-0.05, 0) is 26.7 Å². The summed E-state index contributed by atoms with van der Waals surface area (Å²) in [4.78, 5) is 24.5. The summed E-state index contributed by atoms with van der Waals surface area (Å²) in [5, 5.41) is 8.86. The fourth-order valence-corrected chi connectivity index (χ4v) is 1.81. The topological polar surface area (TPSA) is 87.2 Å². The standard InChI is InChI=1S/C11H17N3O2/c1-11(2,7-12)10(16)14-5-3-8(4-6-14)9(13)15/h8H,3-6H2,1-2H3,(H2,13,15). The van der Waals surface area contributed by atoms with Crippen molar-refractivity contribution >= 4 is 11.8 Å². The van der Waals surface area contributed by atoms with Crippen LogP contribution in [-0.4, -0.2) is 29.8 Å². The third-order valence-corrected chi connectivity index (χ3v) is 3.00. The maximum absolute atomic E-state index is 11.9. The summed E-state index contributed by atoms with van der Waals surface area (Å²) in [7, 11) is 0. The molecule has 0 aromatic carbocycles. The van der Waals surface area contributed by atoms with E-state index in [2.05, 4.69) is 0 Å². The molecular weight excluding hydrogens is 206 g/mol. The lowest BCUT2D eigenvalue weighted by atomic mass is 9.90. The predicted molar refractivity (Wildman–Crippen MR) is 57.9 cm³/mol. The number of hydrogen-bond acceptors (Lipinski definition) is 3. The Bertz CT molecular complexity index is 336. The van der Waals surface area contributed by atoms with Gasteiger partial charge in [0.2, 0.25) is 11.8 Å². The van der Waals surface area contributed by atoms with Crippen LogP contribution in [0.2, 0.25) is 0 Å². The van der Waals surface area contributed by atoms with E-state index < -0.39 is 5.41 Å². The van der Waals surface area contributed by atoms with Crippen molar-refractivity contribution in [3.05, 3.63) is 0 Å². The summed E-state index contributed by atoms with van der Waals surface area (Å²) in [5.74, 6) is -0.598. The molecule has 2 amide bonds. The molecular formula is C11H17N3O2. The monoisotopic (exact) mass is 223 g/mol. The molecule has 1 fully saturated rings. The minimum Gasteiger partial charge on any atom is -0.369 e. The van der Waals surface area contributed by atoms with Crippen LogP contribution < -0.4 is 5.73 Å². The van der Waals surface area contributed by atoms with Crippen LogP contribution in [0.1, 0.15) is 26.7 Å². The molecule has 0 aliphatic carbocycles. The van der Waals surface area contributed by atoms with Crippen LogP contribution in [0.25, 0.3) is 0 Å². The van der Waals surface area contributed by atoms with Gasteiger partial charge in [-0.2, -0.15) is 5.26 Å². The Balaban J connectivity index is 2.59. The molecule has 5 heteroatoms. The van der Waals surface area contributed by atoms with E-state index in [-0.39, 0.29) is 17.7 Å².